The summed E-state index contributed by atoms with van der Waals surface area (Å²) in [5.41, 5.74) is 0.899. The van der Waals surface area contributed by atoms with Crippen molar-refractivity contribution in [2.24, 2.45) is 0 Å². The molecule has 0 bridgehead atoms. The number of rotatable bonds is 3. The molecule has 7 heteroatoms. The van der Waals surface area contributed by atoms with Crippen LogP contribution in [0.5, 0.6) is 5.19 Å². The van der Waals surface area contributed by atoms with Crippen LogP contribution in [0.1, 0.15) is 18.7 Å². The second-order valence-electron chi connectivity index (χ2n) is 5.59. The van der Waals surface area contributed by atoms with Crippen LogP contribution in [0, 0.1) is 6.92 Å². The summed E-state index contributed by atoms with van der Waals surface area (Å²) in [4.78, 5) is 19.8. The van der Waals surface area contributed by atoms with Crippen LogP contribution in [-0.4, -0.2) is 39.1 Å². The van der Waals surface area contributed by atoms with E-state index in [1.165, 1.54) is 0 Å². The molecule has 0 N–H and O–H groups in total. The lowest BCUT2D eigenvalue weighted by Crippen LogP contribution is -2.39. The van der Waals surface area contributed by atoms with Crippen molar-refractivity contribution in [3.63, 3.8) is 0 Å². The Balaban J connectivity index is 1.52. The Kier molecular flexibility index (Phi) is 3.78. The maximum Gasteiger partial charge on any atom is 0.273 e. The van der Waals surface area contributed by atoms with Crippen LogP contribution >= 0.6 is 11.3 Å². The molecule has 6 nitrogen and oxygen atoms in total. The van der Waals surface area contributed by atoms with Crippen LogP contribution in [0.2, 0.25) is 0 Å². The molecule has 1 saturated heterocycles. The molecular formula is C16H17N5OS. The molecule has 0 radical (unpaired) electrons. The standard InChI is InChI=1S/C16H17N5OS/c1-11-19-14-10-17-5-2-13(14)15(20-11)21-7-3-12(4-8-21)22-16-18-6-9-23-16/h2,5-6,9-10,12H,3-4,7-8H2,1H3. The van der Waals surface area contributed by atoms with Crippen molar-refractivity contribution in [2.45, 2.75) is 25.9 Å². The highest BCUT2D eigenvalue weighted by molar-refractivity contribution is 7.11. The predicted molar refractivity (Wildman–Crippen MR) is 90.0 cm³/mol. The molecule has 23 heavy (non-hydrogen) atoms. The van der Waals surface area contributed by atoms with Crippen molar-refractivity contribution in [3.8, 4) is 5.19 Å². The largest absolute Gasteiger partial charge is 0.467 e. The Morgan fingerprint density at radius 1 is 1.22 bits per heavy atom. The SMILES string of the molecule is Cc1nc(N2CCC(Oc3nccs3)CC2)c2ccncc2n1. The monoisotopic (exact) mass is 327 g/mol. The fourth-order valence-corrected chi connectivity index (χ4v) is 3.47. The van der Waals surface area contributed by atoms with E-state index in [0.717, 1.165) is 53.7 Å². The molecule has 4 heterocycles. The molecule has 1 aliphatic heterocycles. The summed E-state index contributed by atoms with van der Waals surface area (Å²) in [6.07, 6.45) is 7.53. The number of anilines is 1. The van der Waals surface area contributed by atoms with Gasteiger partial charge in [-0.25, -0.2) is 15.0 Å². The van der Waals surface area contributed by atoms with E-state index >= 15 is 0 Å². The first-order valence-electron chi connectivity index (χ1n) is 7.69. The van der Waals surface area contributed by atoms with E-state index in [1.54, 1.807) is 29.9 Å². The van der Waals surface area contributed by atoms with Crippen molar-refractivity contribution >= 4 is 28.1 Å². The summed E-state index contributed by atoms with van der Waals surface area (Å²) in [7, 11) is 0. The van der Waals surface area contributed by atoms with E-state index < -0.39 is 0 Å². The van der Waals surface area contributed by atoms with Gasteiger partial charge in [0.2, 0.25) is 0 Å². The Morgan fingerprint density at radius 3 is 2.87 bits per heavy atom. The van der Waals surface area contributed by atoms with Gasteiger partial charge in [0, 0.05) is 49.1 Å². The zero-order valence-corrected chi connectivity index (χ0v) is 13.7. The Labute approximate surface area is 138 Å². The number of hydrogen-bond donors (Lipinski definition) is 0. The van der Waals surface area contributed by atoms with Crippen LogP contribution < -0.4 is 9.64 Å². The first-order valence-corrected chi connectivity index (χ1v) is 8.57. The van der Waals surface area contributed by atoms with Crippen molar-refractivity contribution < 1.29 is 4.74 Å². The van der Waals surface area contributed by atoms with E-state index in [0.29, 0.717) is 0 Å². The van der Waals surface area contributed by atoms with Gasteiger partial charge < -0.3 is 9.64 Å². The average Bonchev–Trinajstić information content (AvgIpc) is 3.08. The molecule has 3 aromatic rings. The minimum Gasteiger partial charge on any atom is -0.467 e. The maximum atomic E-state index is 5.93. The van der Waals surface area contributed by atoms with Gasteiger partial charge in [-0.3, -0.25) is 4.98 Å². The number of thiazole rings is 1. The topological polar surface area (TPSA) is 64.0 Å². The van der Waals surface area contributed by atoms with Gasteiger partial charge in [0.1, 0.15) is 17.7 Å². The Morgan fingerprint density at radius 2 is 2.09 bits per heavy atom. The third-order valence-corrected chi connectivity index (χ3v) is 4.67. The van der Waals surface area contributed by atoms with E-state index in [4.69, 9.17) is 4.74 Å². The fourth-order valence-electron chi connectivity index (χ4n) is 2.91. The normalized spacial score (nSPS) is 16.0. The lowest BCUT2D eigenvalue weighted by Gasteiger charge is -2.33. The highest BCUT2D eigenvalue weighted by atomic mass is 32.1. The number of ether oxygens (including phenoxy) is 1. The number of nitrogens with zero attached hydrogens (tertiary/aromatic N) is 5. The third-order valence-electron chi connectivity index (χ3n) is 4.01. The highest BCUT2D eigenvalue weighted by Gasteiger charge is 2.23. The predicted octanol–water partition coefficient (Wildman–Crippen LogP) is 2.84. The molecule has 1 aliphatic rings. The number of fused-ring (bicyclic) bond motifs is 1. The van der Waals surface area contributed by atoms with Crippen molar-refractivity contribution in [3.05, 3.63) is 35.9 Å². The first kappa shape index (κ1) is 14.3. The maximum absolute atomic E-state index is 5.93. The minimum absolute atomic E-state index is 0.230. The molecule has 0 amide bonds. The summed E-state index contributed by atoms with van der Waals surface area (Å²) in [5.74, 6) is 1.78. The number of aryl methyl sites for hydroxylation is 1. The van der Waals surface area contributed by atoms with Gasteiger partial charge in [-0.05, 0) is 13.0 Å². The summed E-state index contributed by atoms with van der Waals surface area (Å²) in [5, 5.41) is 3.76. The lowest BCUT2D eigenvalue weighted by atomic mass is 10.1. The van der Waals surface area contributed by atoms with E-state index in [2.05, 4.69) is 24.8 Å². The van der Waals surface area contributed by atoms with Gasteiger partial charge in [0.05, 0.1) is 11.7 Å². The zero-order chi connectivity index (χ0) is 15.6. The summed E-state index contributed by atoms with van der Waals surface area (Å²) in [6.45, 7) is 3.77. The average molecular weight is 327 g/mol. The van der Waals surface area contributed by atoms with Crippen molar-refractivity contribution in [2.75, 3.05) is 18.0 Å². The zero-order valence-electron chi connectivity index (χ0n) is 12.8. The molecule has 118 valence electrons. The van der Waals surface area contributed by atoms with Gasteiger partial charge in [0.15, 0.2) is 0 Å². The van der Waals surface area contributed by atoms with E-state index in [9.17, 15) is 0 Å². The molecule has 0 atom stereocenters. The first-order chi connectivity index (χ1) is 11.3. The van der Waals surface area contributed by atoms with Gasteiger partial charge in [-0.2, -0.15) is 0 Å². The smallest absolute Gasteiger partial charge is 0.273 e. The second kappa shape index (κ2) is 6.08. The second-order valence-corrected chi connectivity index (χ2v) is 6.45. The van der Waals surface area contributed by atoms with Crippen LogP contribution in [0.4, 0.5) is 5.82 Å². The van der Waals surface area contributed by atoms with Crippen molar-refractivity contribution in [1.82, 2.24) is 19.9 Å². The molecule has 4 rings (SSSR count). The molecule has 3 aromatic heterocycles. The molecule has 0 unspecified atom stereocenters. The summed E-state index contributed by atoms with van der Waals surface area (Å²) < 4.78 is 5.93. The minimum atomic E-state index is 0.230. The molecule has 0 saturated carbocycles. The number of pyridine rings is 1. The van der Waals surface area contributed by atoms with E-state index in [1.807, 2.05) is 18.4 Å². The molecule has 0 spiro atoms. The van der Waals surface area contributed by atoms with Gasteiger partial charge in [0.25, 0.3) is 5.19 Å². The van der Waals surface area contributed by atoms with Crippen molar-refractivity contribution in [1.29, 1.82) is 0 Å². The number of hydrogen-bond acceptors (Lipinski definition) is 7. The lowest BCUT2D eigenvalue weighted by molar-refractivity contribution is 0.170. The quantitative estimate of drug-likeness (QED) is 0.737. The Hall–Kier alpha value is -2.28. The number of aromatic nitrogens is 4. The van der Waals surface area contributed by atoms with Gasteiger partial charge >= 0.3 is 0 Å². The van der Waals surface area contributed by atoms with Gasteiger partial charge in [-0.15, -0.1) is 0 Å². The number of piperidine rings is 1. The van der Waals surface area contributed by atoms with Crippen LogP contribution in [0.3, 0.4) is 0 Å². The molecule has 1 fully saturated rings. The van der Waals surface area contributed by atoms with Crippen LogP contribution in [0.25, 0.3) is 10.9 Å². The van der Waals surface area contributed by atoms with Crippen LogP contribution in [0.15, 0.2) is 30.0 Å². The molecular weight excluding hydrogens is 310 g/mol. The molecule has 0 aromatic carbocycles. The van der Waals surface area contributed by atoms with Crippen LogP contribution in [-0.2, 0) is 0 Å². The van der Waals surface area contributed by atoms with Gasteiger partial charge in [-0.1, -0.05) is 11.3 Å². The molecule has 0 aliphatic carbocycles. The Bertz CT molecular complexity index is 799. The summed E-state index contributed by atoms with van der Waals surface area (Å²) in [6, 6.07) is 1.99. The van der Waals surface area contributed by atoms with E-state index in [-0.39, 0.29) is 6.10 Å². The summed E-state index contributed by atoms with van der Waals surface area (Å²) >= 11 is 1.54. The highest BCUT2D eigenvalue weighted by Crippen LogP contribution is 2.27. The third kappa shape index (κ3) is 2.96. The fraction of sp³-hybridized carbons (Fsp3) is 0.375.